The minimum atomic E-state index is 0. The lowest BCUT2D eigenvalue weighted by Gasteiger charge is -2.04. The first-order valence-corrected chi connectivity index (χ1v) is 3.11. The minimum Gasteiger partial charge on any atom is -0.381 e. The minimum absolute atomic E-state index is 0. The van der Waals surface area contributed by atoms with Crippen molar-refractivity contribution < 1.29 is 4.74 Å². The average Bonchev–Trinajstić information content (AvgIpc) is 2.14. The molecule has 0 spiro atoms. The summed E-state index contributed by atoms with van der Waals surface area (Å²) in [6.07, 6.45) is 3.79. The van der Waals surface area contributed by atoms with Gasteiger partial charge >= 0.3 is 0 Å². The third-order valence-electron chi connectivity index (χ3n) is 1.76. The normalized spacial score (nSPS) is 34.0. The van der Waals surface area contributed by atoms with E-state index >= 15 is 0 Å². The van der Waals surface area contributed by atoms with Crippen molar-refractivity contribution >= 4 is 12.4 Å². The van der Waals surface area contributed by atoms with Crippen molar-refractivity contribution in [2.24, 2.45) is 5.73 Å². The molecule has 1 saturated carbocycles. The molecule has 2 atom stereocenters. The number of hydrogen-bond donors (Lipinski definition) is 1. The van der Waals surface area contributed by atoms with E-state index in [1.807, 2.05) is 0 Å². The van der Waals surface area contributed by atoms with E-state index in [2.05, 4.69) is 0 Å². The zero-order valence-corrected chi connectivity index (χ0v) is 6.49. The second kappa shape index (κ2) is 4.09. The van der Waals surface area contributed by atoms with Gasteiger partial charge in [-0.15, -0.1) is 12.4 Å². The van der Waals surface area contributed by atoms with Crippen molar-refractivity contribution in [3.05, 3.63) is 0 Å². The first-order valence-electron chi connectivity index (χ1n) is 3.11. The summed E-state index contributed by atoms with van der Waals surface area (Å²) in [6, 6.07) is 0.403. The van der Waals surface area contributed by atoms with Crippen molar-refractivity contribution in [3.8, 4) is 0 Å². The van der Waals surface area contributed by atoms with E-state index < -0.39 is 0 Å². The number of nitrogens with two attached hydrogens (primary N) is 1. The van der Waals surface area contributed by atoms with Gasteiger partial charge in [0, 0.05) is 13.2 Å². The van der Waals surface area contributed by atoms with Gasteiger partial charge in [0.25, 0.3) is 0 Å². The Balaban J connectivity index is 0.000000640. The maximum atomic E-state index is 5.62. The van der Waals surface area contributed by atoms with Crippen LogP contribution in [-0.2, 0) is 4.74 Å². The van der Waals surface area contributed by atoms with Gasteiger partial charge in [0.15, 0.2) is 0 Å². The first kappa shape index (κ1) is 9.21. The van der Waals surface area contributed by atoms with E-state index in [-0.39, 0.29) is 12.4 Å². The molecule has 1 rings (SSSR count). The first-order chi connectivity index (χ1) is 3.83. The van der Waals surface area contributed by atoms with Gasteiger partial charge in [0.05, 0.1) is 6.10 Å². The maximum Gasteiger partial charge on any atom is 0.0586 e. The number of halogens is 1. The van der Waals surface area contributed by atoms with Gasteiger partial charge in [0.1, 0.15) is 0 Å². The third-order valence-corrected chi connectivity index (χ3v) is 1.76. The molecule has 0 aromatic carbocycles. The van der Waals surface area contributed by atoms with Crippen LogP contribution in [0, 0.1) is 0 Å². The molecule has 0 saturated heterocycles. The highest BCUT2D eigenvalue weighted by molar-refractivity contribution is 5.85. The summed E-state index contributed by atoms with van der Waals surface area (Å²) in [6.45, 7) is 0. The Morgan fingerprint density at radius 1 is 1.44 bits per heavy atom. The van der Waals surface area contributed by atoms with Crippen LogP contribution in [0.4, 0.5) is 0 Å². The summed E-state index contributed by atoms with van der Waals surface area (Å²) in [4.78, 5) is 0. The van der Waals surface area contributed by atoms with E-state index in [0.717, 1.165) is 19.3 Å². The van der Waals surface area contributed by atoms with Gasteiger partial charge in [-0.3, -0.25) is 0 Å². The van der Waals surface area contributed by atoms with Crippen LogP contribution >= 0.6 is 12.4 Å². The van der Waals surface area contributed by atoms with E-state index in [9.17, 15) is 0 Å². The van der Waals surface area contributed by atoms with Gasteiger partial charge in [-0.2, -0.15) is 0 Å². The van der Waals surface area contributed by atoms with Gasteiger partial charge in [-0.05, 0) is 19.3 Å². The van der Waals surface area contributed by atoms with Crippen molar-refractivity contribution in [1.82, 2.24) is 0 Å². The monoisotopic (exact) mass is 151 g/mol. The summed E-state index contributed by atoms with van der Waals surface area (Å²) in [7, 11) is 1.75. The SMILES string of the molecule is CO[C@H]1CC[C@@H](N)C1.Cl. The molecule has 1 fully saturated rings. The molecule has 0 heterocycles. The molecular formula is C6H14ClNO. The fourth-order valence-corrected chi connectivity index (χ4v) is 1.19. The lowest BCUT2D eigenvalue weighted by Crippen LogP contribution is -2.16. The van der Waals surface area contributed by atoms with Crippen LogP contribution in [-0.4, -0.2) is 19.3 Å². The standard InChI is InChI=1S/C6H13NO.ClH/c1-8-6-3-2-5(7)4-6;/h5-6H,2-4,7H2,1H3;1H/t5-,6+;/m1./s1. The van der Waals surface area contributed by atoms with Crippen LogP contribution in [0.25, 0.3) is 0 Å². The molecule has 0 aliphatic heterocycles. The highest BCUT2D eigenvalue weighted by atomic mass is 35.5. The van der Waals surface area contributed by atoms with Gasteiger partial charge < -0.3 is 10.5 Å². The summed E-state index contributed by atoms with van der Waals surface area (Å²) in [5, 5.41) is 0. The molecule has 0 radical (unpaired) electrons. The topological polar surface area (TPSA) is 35.2 Å². The number of hydrogen-bond acceptors (Lipinski definition) is 2. The molecule has 1 aliphatic carbocycles. The Morgan fingerprint density at radius 2 is 2.11 bits per heavy atom. The molecule has 0 unspecified atom stereocenters. The van der Waals surface area contributed by atoms with E-state index in [1.54, 1.807) is 7.11 Å². The van der Waals surface area contributed by atoms with Crippen molar-refractivity contribution in [2.45, 2.75) is 31.4 Å². The number of ether oxygens (including phenoxy) is 1. The Morgan fingerprint density at radius 3 is 2.33 bits per heavy atom. The maximum absolute atomic E-state index is 5.62. The smallest absolute Gasteiger partial charge is 0.0586 e. The Hall–Kier alpha value is 0.210. The zero-order chi connectivity index (χ0) is 5.98. The van der Waals surface area contributed by atoms with Gasteiger partial charge in [-0.25, -0.2) is 0 Å². The lowest BCUT2D eigenvalue weighted by molar-refractivity contribution is 0.108. The molecule has 2 nitrogen and oxygen atoms in total. The summed E-state index contributed by atoms with van der Waals surface area (Å²) < 4.78 is 5.10. The largest absolute Gasteiger partial charge is 0.381 e. The predicted molar refractivity (Wildman–Crippen MR) is 39.9 cm³/mol. The second-order valence-corrected chi connectivity index (χ2v) is 2.43. The second-order valence-electron chi connectivity index (χ2n) is 2.43. The Kier molecular flexibility index (Phi) is 4.19. The van der Waals surface area contributed by atoms with Gasteiger partial charge in [0.2, 0.25) is 0 Å². The van der Waals surface area contributed by atoms with Crippen LogP contribution in [0.2, 0.25) is 0 Å². The van der Waals surface area contributed by atoms with E-state index in [4.69, 9.17) is 10.5 Å². The molecule has 3 heteroatoms. The summed E-state index contributed by atoms with van der Waals surface area (Å²) in [5.41, 5.74) is 5.62. The fraction of sp³-hybridized carbons (Fsp3) is 1.00. The van der Waals surface area contributed by atoms with Crippen molar-refractivity contribution in [3.63, 3.8) is 0 Å². The Bertz CT molecular complexity index is 79.5. The average molecular weight is 152 g/mol. The van der Waals surface area contributed by atoms with Crippen LogP contribution in [0.1, 0.15) is 19.3 Å². The molecule has 0 aromatic heterocycles. The third kappa shape index (κ3) is 2.52. The quantitative estimate of drug-likeness (QED) is 0.606. The Labute approximate surface area is 62.2 Å². The van der Waals surface area contributed by atoms with E-state index in [1.165, 1.54) is 0 Å². The molecule has 0 aromatic rings. The molecule has 9 heavy (non-hydrogen) atoms. The van der Waals surface area contributed by atoms with Crippen LogP contribution in [0.3, 0.4) is 0 Å². The predicted octanol–water partition coefficient (Wildman–Crippen LogP) is 0.934. The molecule has 56 valence electrons. The molecule has 1 aliphatic rings. The van der Waals surface area contributed by atoms with Crippen LogP contribution < -0.4 is 5.73 Å². The fourth-order valence-electron chi connectivity index (χ4n) is 1.19. The highest BCUT2D eigenvalue weighted by Crippen LogP contribution is 2.18. The zero-order valence-electron chi connectivity index (χ0n) is 5.67. The van der Waals surface area contributed by atoms with Crippen LogP contribution in [0.15, 0.2) is 0 Å². The summed E-state index contributed by atoms with van der Waals surface area (Å²) in [5.74, 6) is 0. The molecular weight excluding hydrogens is 138 g/mol. The molecule has 0 amide bonds. The highest BCUT2D eigenvalue weighted by Gasteiger charge is 2.20. The van der Waals surface area contributed by atoms with E-state index in [0.29, 0.717) is 12.1 Å². The van der Waals surface area contributed by atoms with Crippen LogP contribution in [0.5, 0.6) is 0 Å². The van der Waals surface area contributed by atoms with Gasteiger partial charge in [-0.1, -0.05) is 0 Å². The number of rotatable bonds is 1. The number of methoxy groups -OCH3 is 1. The van der Waals surface area contributed by atoms with Crippen molar-refractivity contribution in [2.75, 3.05) is 7.11 Å². The lowest BCUT2D eigenvalue weighted by atomic mass is 10.3. The molecule has 0 bridgehead atoms. The summed E-state index contributed by atoms with van der Waals surface area (Å²) >= 11 is 0. The van der Waals surface area contributed by atoms with Crippen molar-refractivity contribution in [1.29, 1.82) is 0 Å². The molecule has 2 N–H and O–H groups in total.